The van der Waals surface area contributed by atoms with Gasteiger partial charge < -0.3 is 9.84 Å². The first-order valence-corrected chi connectivity index (χ1v) is 6.71. The van der Waals surface area contributed by atoms with Gasteiger partial charge >= 0.3 is 0 Å². The molecular formula is C10H13NO4S. The summed E-state index contributed by atoms with van der Waals surface area (Å²) in [6.07, 6.45) is 0.633. The number of anilines is 1. The summed E-state index contributed by atoms with van der Waals surface area (Å²) in [5, 5.41) is 9.05. The molecule has 1 aromatic carbocycles. The second-order valence-electron chi connectivity index (χ2n) is 3.68. The van der Waals surface area contributed by atoms with E-state index in [2.05, 4.69) is 0 Å². The normalized spacial score (nSPS) is 20.1. The number of nitrogens with zero attached hydrogens (tertiary/aromatic N) is 1. The molecule has 1 N–H and O–H groups in total. The minimum absolute atomic E-state index is 0.145. The first kappa shape index (κ1) is 11.2. The molecule has 1 aromatic rings. The molecule has 0 bridgehead atoms. The second-order valence-corrected chi connectivity index (χ2v) is 5.59. The summed E-state index contributed by atoms with van der Waals surface area (Å²) in [7, 11) is -3.34. The van der Waals surface area contributed by atoms with E-state index < -0.39 is 16.1 Å². The van der Waals surface area contributed by atoms with Crippen LogP contribution in [0.25, 0.3) is 0 Å². The van der Waals surface area contributed by atoms with Crippen molar-refractivity contribution in [3.05, 3.63) is 24.3 Å². The number of para-hydroxylation sites is 2. The lowest BCUT2D eigenvalue weighted by Gasteiger charge is -2.33. The van der Waals surface area contributed by atoms with Crippen molar-refractivity contribution >= 4 is 15.7 Å². The number of fused-ring (bicyclic) bond motifs is 1. The van der Waals surface area contributed by atoms with E-state index in [1.165, 1.54) is 4.31 Å². The molecule has 1 aliphatic rings. The van der Waals surface area contributed by atoms with Crippen molar-refractivity contribution in [1.29, 1.82) is 0 Å². The van der Waals surface area contributed by atoms with Crippen molar-refractivity contribution in [3.8, 4) is 5.75 Å². The van der Waals surface area contributed by atoms with Crippen LogP contribution in [0.3, 0.4) is 0 Å². The van der Waals surface area contributed by atoms with Crippen LogP contribution in [0.1, 0.15) is 0 Å². The lowest BCUT2D eigenvalue weighted by molar-refractivity contribution is 0.116. The first-order valence-electron chi connectivity index (χ1n) is 4.86. The molecule has 2 rings (SSSR count). The van der Waals surface area contributed by atoms with Gasteiger partial charge in [-0.1, -0.05) is 12.1 Å². The zero-order chi connectivity index (χ0) is 11.8. The van der Waals surface area contributed by atoms with Crippen LogP contribution in [-0.2, 0) is 10.0 Å². The number of sulfonamides is 1. The number of benzene rings is 1. The van der Waals surface area contributed by atoms with Crippen molar-refractivity contribution in [2.45, 2.75) is 6.10 Å². The molecule has 0 saturated carbocycles. The third-order valence-corrected chi connectivity index (χ3v) is 3.55. The summed E-state index contributed by atoms with van der Waals surface area (Å²) in [5.41, 5.74) is 0.523. The van der Waals surface area contributed by atoms with Crippen molar-refractivity contribution in [2.75, 3.05) is 23.7 Å². The van der Waals surface area contributed by atoms with E-state index in [1.807, 2.05) is 0 Å². The summed E-state index contributed by atoms with van der Waals surface area (Å²) in [6, 6.07) is 6.89. The maximum atomic E-state index is 11.6. The molecule has 0 radical (unpaired) electrons. The Hall–Kier alpha value is -1.27. The third kappa shape index (κ3) is 1.98. The van der Waals surface area contributed by atoms with E-state index >= 15 is 0 Å². The van der Waals surface area contributed by atoms with E-state index in [0.29, 0.717) is 11.4 Å². The van der Waals surface area contributed by atoms with Crippen LogP contribution in [0, 0.1) is 0 Å². The van der Waals surface area contributed by atoms with Gasteiger partial charge in [-0.15, -0.1) is 0 Å². The maximum Gasteiger partial charge on any atom is 0.232 e. The van der Waals surface area contributed by atoms with Crippen LogP contribution in [0.15, 0.2) is 24.3 Å². The molecule has 0 spiro atoms. The van der Waals surface area contributed by atoms with Crippen LogP contribution in [-0.4, -0.2) is 39.0 Å². The van der Waals surface area contributed by atoms with Crippen molar-refractivity contribution in [2.24, 2.45) is 0 Å². The van der Waals surface area contributed by atoms with Gasteiger partial charge in [-0.25, -0.2) is 8.42 Å². The Morgan fingerprint density at radius 3 is 2.81 bits per heavy atom. The van der Waals surface area contributed by atoms with E-state index in [1.54, 1.807) is 24.3 Å². The minimum Gasteiger partial charge on any atom is -0.484 e. The Balaban J connectivity index is 2.47. The Bertz CT molecular complexity index is 485. The van der Waals surface area contributed by atoms with Gasteiger partial charge in [0.25, 0.3) is 0 Å². The molecule has 1 atom stereocenters. The quantitative estimate of drug-likeness (QED) is 0.806. The van der Waals surface area contributed by atoms with Gasteiger partial charge in [0.2, 0.25) is 10.0 Å². The molecule has 5 nitrogen and oxygen atoms in total. The first-order chi connectivity index (χ1) is 7.52. The fourth-order valence-corrected chi connectivity index (χ4v) is 2.62. The largest absolute Gasteiger partial charge is 0.484 e. The highest BCUT2D eigenvalue weighted by molar-refractivity contribution is 7.92. The molecule has 0 aromatic heterocycles. The SMILES string of the molecule is CS(=O)(=O)N1CC(CO)Oc2ccccc21. The van der Waals surface area contributed by atoms with Crippen molar-refractivity contribution in [3.63, 3.8) is 0 Å². The topological polar surface area (TPSA) is 66.8 Å². The number of aliphatic hydroxyl groups excluding tert-OH is 1. The van der Waals surface area contributed by atoms with Gasteiger partial charge in [-0.2, -0.15) is 0 Å². The fraction of sp³-hybridized carbons (Fsp3) is 0.400. The van der Waals surface area contributed by atoms with Crippen LogP contribution in [0.5, 0.6) is 5.75 Å². The van der Waals surface area contributed by atoms with Gasteiger partial charge in [0.15, 0.2) is 0 Å². The molecule has 88 valence electrons. The Morgan fingerprint density at radius 2 is 2.19 bits per heavy atom. The predicted molar refractivity (Wildman–Crippen MR) is 60.1 cm³/mol. The number of rotatable bonds is 2. The zero-order valence-corrected chi connectivity index (χ0v) is 9.64. The van der Waals surface area contributed by atoms with Gasteiger partial charge in [-0.05, 0) is 12.1 Å². The Kier molecular flexibility index (Phi) is 2.77. The lowest BCUT2D eigenvalue weighted by Crippen LogP contribution is -2.44. The highest BCUT2D eigenvalue weighted by Crippen LogP contribution is 2.34. The highest BCUT2D eigenvalue weighted by Gasteiger charge is 2.30. The lowest BCUT2D eigenvalue weighted by atomic mass is 10.2. The number of hydrogen-bond donors (Lipinski definition) is 1. The summed E-state index contributed by atoms with van der Waals surface area (Å²) in [6.45, 7) is -0.0628. The molecule has 0 amide bonds. The number of aliphatic hydroxyl groups is 1. The molecular weight excluding hydrogens is 230 g/mol. The van der Waals surface area contributed by atoms with Gasteiger partial charge in [0, 0.05) is 0 Å². The third-order valence-electron chi connectivity index (χ3n) is 2.40. The highest BCUT2D eigenvalue weighted by atomic mass is 32.2. The summed E-state index contributed by atoms with van der Waals surface area (Å²) < 4.78 is 29.9. The maximum absolute atomic E-state index is 11.6. The molecule has 0 aliphatic carbocycles. The number of hydrogen-bond acceptors (Lipinski definition) is 4. The van der Waals surface area contributed by atoms with E-state index in [-0.39, 0.29) is 13.2 Å². The predicted octanol–water partition coefficient (Wildman–Crippen LogP) is 0.206. The fourth-order valence-electron chi connectivity index (χ4n) is 1.67. The molecule has 0 saturated heterocycles. The second kappa shape index (κ2) is 3.95. The molecule has 0 fully saturated rings. The van der Waals surface area contributed by atoms with Crippen molar-refractivity contribution < 1.29 is 18.3 Å². The smallest absolute Gasteiger partial charge is 0.232 e. The average Bonchev–Trinajstić information content (AvgIpc) is 2.26. The standard InChI is InChI=1S/C10H13NO4S/c1-16(13,14)11-6-8(7-12)15-10-5-3-2-4-9(10)11/h2-5,8,12H,6-7H2,1H3. The molecule has 1 aliphatic heterocycles. The number of ether oxygens (including phenoxy) is 1. The summed E-state index contributed by atoms with van der Waals surface area (Å²) in [5.74, 6) is 0.484. The van der Waals surface area contributed by atoms with Gasteiger partial charge in [0.1, 0.15) is 11.9 Å². The zero-order valence-electron chi connectivity index (χ0n) is 8.83. The van der Waals surface area contributed by atoms with Crippen molar-refractivity contribution in [1.82, 2.24) is 0 Å². The van der Waals surface area contributed by atoms with Crippen LogP contribution in [0.2, 0.25) is 0 Å². The molecule has 16 heavy (non-hydrogen) atoms. The minimum atomic E-state index is -3.34. The van der Waals surface area contributed by atoms with Gasteiger partial charge in [0.05, 0.1) is 25.1 Å². The molecule has 6 heteroatoms. The van der Waals surface area contributed by atoms with Crippen LogP contribution in [0.4, 0.5) is 5.69 Å². The van der Waals surface area contributed by atoms with Gasteiger partial charge in [-0.3, -0.25) is 4.31 Å². The molecule has 1 unspecified atom stereocenters. The monoisotopic (exact) mass is 243 g/mol. The van der Waals surface area contributed by atoms with E-state index in [4.69, 9.17) is 9.84 Å². The van der Waals surface area contributed by atoms with E-state index in [0.717, 1.165) is 6.26 Å². The Morgan fingerprint density at radius 1 is 1.50 bits per heavy atom. The van der Waals surface area contributed by atoms with Crippen LogP contribution >= 0.6 is 0 Å². The Labute approximate surface area is 94.3 Å². The molecule has 1 heterocycles. The van der Waals surface area contributed by atoms with E-state index in [9.17, 15) is 8.42 Å². The summed E-state index contributed by atoms with van der Waals surface area (Å²) in [4.78, 5) is 0. The van der Waals surface area contributed by atoms with Crippen LogP contribution < -0.4 is 9.04 Å². The summed E-state index contributed by atoms with van der Waals surface area (Å²) >= 11 is 0. The average molecular weight is 243 g/mol.